The smallest absolute Gasteiger partial charge is 0.457 e. The zero-order valence-electron chi connectivity index (χ0n) is 14.9. The zero-order chi connectivity index (χ0) is 20.9. The third kappa shape index (κ3) is 5.84. The predicted molar refractivity (Wildman–Crippen MR) is 98.3 cm³/mol. The molecular weight excluding hydrogens is 393 g/mol. The van der Waals surface area contributed by atoms with Gasteiger partial charge in [-0.3, -0.25) is 0 Å². The molecule has 0 aliphatic rings. The first-order valence-corrected chi connectivity index (χ1v) is 8.53. The topological polar surface area (TPSA) is 30.5 Å². The van der Waals surface area contributed by atoms with Gasteiger partial charge in [0.05, 0.1) is 0 Å². The Kier molecular flexibility index (Phi) is 6.21. The molecule has 3 aromatic carbocycles. The van der Waals surface area contributed by atoms with Gasteiger partial charge in [0.15, 0.2) is 0 Å². The van der Waals surface area contributed by atoms with Gasteiger partial charge in [0.25, 0.3) is 0 Å². The van der Waals surface area contributed by atoms with Crippen LogP contribution in [0.5, 0.6) is 17.2 Å². The van der Waals surface area contributed by atoms with E-state index in [1.807, 2.05) is 0 Å². The molecule has 29 heavy (non-hydrogen) atoms. The summed E-state index contributed by atoms with van der Waals surface area (Å²) in [4.78, 5) is 0. The first-order chi connectivity index (χ1) is 13.8. The van der Waals surface area contributed by atoms with Gasteiger partial charge in [-0.15, -0.1) is 0 Å². The van der Waals surface area contributed by atoms with Crippen LogP contribution in [-0.4, -0.2) is 12.5 Å². The molecule has 0 heterocycles. The molecule has 0 amide bonds. The van der Waals surface area contributed by atoms with E-state index in [-0.39, 0.29) is 18.1 Å². The number of nitrogens with one attached hydrogen (secondary N) is 1. The van der Waals surface area contributed by atoms with Crippen molar-refractivity contribution in [2.75, 3.05) is 5.32 Å². The SMILES string of the molecule is Fc1ccc(Oc2cccc(NCc3cccc(OC(F)(F)C(F)F)c3)c2)cc1. The van der Waals surface area contributed by atoms with Crippen molar-refractivity contribution in [3.05, 3.63) is 84.2 Å². The van der Waals surface area contributed by atoms with E-state index in [2.05, 4.69) is 10.1 Å². The Labute approximate surface area is 163 Å². The Hall–Kier alpha value is -3.29. The summed E-state index contributed by atoms with van der Waals surface area (Å²) in [6.07, 6.45) is -8.48. The molecule has 0 unspecified atom stereocenters. The van der Waals surface area contributed by atoms with Gasteiger partial charge in [-0.2, -0.15) is 17.6 Å². The second-order valence-corrected chi connectivity index (χ2v) is 6.05. The highest BCUT2D eigenvalue weighted by atomic mass is 19.3. The van der Waals surface area contributed by atoms with Crippen molar-refractivity contribution in [2.24, 2.45) is 0 Å². The van der Waals surface area contributed by atoms with Crippen molar-refractivity contribution in [1.82, 2.24) is 0 Å². The normalized spacial score (nSPS) is 11.4. The fourth-order valence-electron chi connectivity index (χ4n) is 2.43. The minimum absolute atomic E-state index is 0.234. The molecular formula is C21H16F5NO2. The molecule has 1 N–H and O–H groups in total. The van der Waals surface area contributed by atoms with E-state index in [1.165, 1.54) is 42.5 Å². The first-order valence-electron chi connectivity index (χ1n) is 8.53. The second-order valence-electron chi connectivity index (χ2n) is 6.05. The van der Waals surface area contributed by atoms with Gasteiger partial charge in [0.2, 0.25) is 0 Å². The van der Waals surface area contributed by atoms with E-state index >= 15 is 0 Å². The highest BCUT2D eigenvalue weighted by Gasteiger charge is 2.43. The molecule has 3 rings (SSSR count). The van der Waals surface area contributed by atoms with Gasteiger partial charge in [0.1, 0.15) is 23.1 Å². The maximum Gasteiger partial charge on any atom is 0.461 e. The highest BCUT2D eigenvalue weighted by molar-refractivity contribution is 5.49. The minimum atomic E-state index is -4.56. The van der Waals surface area contributed by atoms with Crippen LogP contribution in [0, 0.1) is 5.82 Å². The van der Waals surface area contributed by atoms with Crippen LogP contribution in [0.25, 0.3) is 0 Å². The van der Waals surface area contributed by atoms with Gasteiger partial charge in [0, 0.05) is 18.3 Å². The van der Waals surface area contributed by atoms with Gasteiger partial charge in [-0.1, -0.05) is 18.2 Å². The van der Waals surface area contributed by atoms with Crippen LogP contribution in [0.4, 0.5) is 27.6 Å². The van der Waals surface area contributed by atoms with Crippen LogP contribution < -0.4 is 14.8 Å². The van der Waals surface area contributed by atoms with E-state index < -0.39 is 12.5 Å². The molecule has 0 saturated carbocycles. The van der Waals surface area contributed by atoms with E-state index in [9.17, 15) is 22.0 Å². The lowest BCUT2D eigenvalue weighted by Gasteiger charge is -2.17. The highest BCUT2D eigenvalue weighted by Crippen LogP contribution is 2.28. The number of ether oxygens (including phenoxy) is 2. The third-order valence-electron chi connectivity index (χ3n) is 3.79. The molecule has 0 spiro atoms. The molecule has 0 radical (unpaired) electrons. The maximum absolute atomic E-state index is 13.0. The number of rotatable bonds is 8. The number of halogens is 5. The number of anilines is 1. The molecule has 0 saturated heterocycles. The maximum atomic E-state index is 13.0. The van der Waals surface area contributed by atoms with Gasteiger partial charge in [-0.25, -0.2) is 4.39 Å². The van der Waals surface area contributed by atoms with Gasteiger partial charge < -0.3 is 14.8 Å². The summed E-state index contributed by atoms with van der Waals surface area (Å²) in [7, 11) is 0. The Bertz CT molecular complexity index is 948. The molecule has 3 nitrogen and oxygen atoms in total. The van der Waals surface area contributed by atoms with E-state index in [1.54, 1.807) is 30.3 Å². The summed E-state index contributed by atoms with van der Waals surface area (Å²) in [6.45, 7) is 0.234. The van der Waals surface area contributed by atoms with Crippen molar-refractivity contribution in [1.29, 1.82) is 0 Å². The summed E-state index contributed by atoms with van der Waals surface area (Å²) in [6, 6.07) is 18.0. The Morgan fingerprint density at radius 1 is 0.828 bits per heavy atom. The van der Waals surface area contributed by atoms with E-state index in [0.29, 0.717) is 22.7 Å². The summed E-state index contributed by atoms with van der Waals surface area (Å²) < 4.78 is 73.3. The van der Waals surface area contributed by atoms with Crippen LogP contribution in [0.3, 0.4) is 0 Å². The average Bonchev–Trinajstić information content (AvgIpc) is 2.68. The molecule has 0 fully saturated rings. The standard InChI is InChI=1S/C21H16F5NO2/c22-15-7-9-17(10-8-15)28-18-5-2-4-16(12-18)27-13-14-3-1-6-19(11-14)29-21(25,26)20(23)24/h1-12,20,27H,13H2. The molecule has 3 aromatic rings. The van der Waals surface area contributed by atoms with E-state index in [0.717, 1.165) is 0 Å². The van der Waals surface area contributed by atoms with Crippen molar-refractivity contribution < 1.29 is 31.4 Å². The fraction of sp³-hybridized carbons (Fsp3) is 0.143. The summed E-state index contributed by atoms with van der Waals surface area (Å²) in [5, 5.41) is 3.08. The number of benzene rings is 3. The molecule has 8 heteroatoms. The van der Waals surface area contributed by atoms with Crippen molar-refractivity contribution in [2.45, 2.75) is 19.1 Å². The average molecular weight is 409 g/mol. The van der Waals surface area contributed by atoms with Crippen molar-refractivity contribution in [3.63, 3.8) is 0 Å². The second kappa shape index (κ2) is 8.81. The lowest BCUT2D eigenvalue weighted by Crippen LogP contribution is -2.33. The first kappa shape index (κ1) is 20.4. The Morgan fingerprint density at radius 2 is 1.52 bits per heavy atom. The van der Waals surface area contributed by atoms with Crippen LogP contribution in [0.2, 0.25) is 0 Å². The Morgan fingerprint density at radius 3 is 2.24 bits per heavy atom. The molecule has 0 atom stereocenters. The van der Waals surface area contributed by atoms with Crippen molar-refractivity contribution in [3.8, 4) is 17.2 Å². The fourth-order valence-corrected chi connectivity index (χ4v) is 2.43. The molecule has 0 aliphatic heterocycles. The van der Waals surface area contributed by atoms with Gasteiger partial charge in [-0.05, 0) is 54.1 Å². The number of hydrogen-bond donors (Lipinski definition) is 1. The predicted octanol–water partition coefficient (Wildman–Crippen LogP) is 6.47. The molecule has 152 valence electrons. The number of alkyl halides is 4. The summed E-state index contributed by atoms with van der Waals surface area (Å²) in [5.41, 5.74) is 1.23. The largest absolute Gasteiger partial charge is 0.461 e. The number of hydrogen-bond acceptors (Lipinski definition) is 3. The van der Waals surface area contributed by atoms with Crippen LogP contribution in [-0.2, 0) is 6.54 Å². The van der Waals surface area contributed by atoms with Gasteiger partial charge >= 0.3 is 12.5 Å². The molecule has 0 aromatic heterocycles. The lowest BCUT2D eigenvalue weighted by atomic mass is 10.2. The van der Waals surface area contributed by atoms with Crippen LogP contribution in [0.1, 0.15) is 5.56 Å². The zero-order valence-corrected chi connectivity index (χ0v) is 14.9. The summed E-state index contributed by atoms with van der Waals surface area (Å²) >= 11 is 0. The monoisotopic (exact) mass is 409 g/mol. The van der Waals surface area contributed by atoms with E-state index in [4.69, 9.17) is 4.74 Å². The van der Waals surface area contributed by atoms with Crippen LogP contribution in [0.15, 0.2) is 72.8 Å². The quantitative estimate of drug-likeness (QED) is 0.433. The van der Waals surface area contributed by atoms with Crippen LogP contribution >= 0.6 is 0 Å². The van der Waals surface area contributed by atoms with Crippen molar-refractivity contribution >= 4 is 5.69 Å². The third-order valence-corrected chi connectivity index (χ3v) is 3.79. The molecule has 0 aliphatic carbocycles. The molecule has 0 bridgehead atoms. The lowest BCUT2D eigenvalue weighted by molar-refractivity contribution is -0.253. The minimum Gasteiger partial charge on any atom is -0.457 e. The Balaban J connectivity index is 1.63. The summed E-state index contributed by atoms with van der Waals surface area (Å²) in [5.74, 6) is 0.247.